The van der Waals surface area contributed by atoms with Crippen LogP contribution >= 0.6 is 23.2 Å². The van der Waals surface area contributed by atoms with Gasteiger partial charge in [0, 0.05) is 21.5 Å². The van der Waals surface area contributed by atoms with Gasteiger partial charge >= 0.3 is 18.9 Å². The summed E-state index contributed by atoms with van der Waals surface area (Å²) in [6.07, 6.45) is 0. The van der Waals surface area contributed by atoms with Gasteiger partial charge < -0.3 is 0 Å². The van der Waals surface area contributed by atoms with E-state index in [0.29, 0.717) is 0 Å². The second kappa shape index (κ2) is 4.92. The van der Waals surface area contributed by atoms with Gasteiger partial charge in [-0.3, -0.25) is 0 Å². The quantitative estimate of drug-likeness (QED) is 0.426. The van der Waals surface area contributed by atoms with Gasteiger partial charge in [0.05, 0.1) is 10.0 Å². The molecule has 0 aliphatic heterocycles. The Morgan fingerprint density at radius 3 is 1.00 bits per heavy atom. The first-order valence-corrected chi connectivity index (χ1v) is 5.79. The standard InChI is InChI=1S/C14H8Cl2.Li/c15-13-9-5-1-2-6-10(9)14(16)12-8-4-3-7-11(12)13;/h1-8H;/q;+1. The zero-order chi connectivity index (χ0) is 11.1. The molecule has 0 atom stereocenters. The Morgan fingerprint density at radius 1 is 0.529 bits per heavy atom. The summed E-state index contributed by atoms with van der Waals surface area (Å²) in [6.45, 7) is 0. The number of fused-ring (bicyclic) bond motifs is 2. The van der Waals surface area contributed by atoms with E-state index in [2.05, 4.69) is 0 Å². The van der Waals surface area contributed by atoms with Gasteiger partial charge in [-0.25, -0.2) is 0 Å². The van der Waals surface area contributed by atoms with Crippen LogP contribution in [-0.2, 0) is 0 Å². The molecule has 0 radical (unpaired) electrons. The zero-order valence-corrected chi connectivity index (χ0v) is 10.9. The molecule has 0 aliphatic rings. The number of halogens is 2. The Kier molecular flexibility index (Phi) is 3.71. The molecule has 0 bridgehead atoms. The maximum atomic E-state index is 6.39. The first-order valence-electron chi connectivity index (χ1n) is 5.03. The van der Waals surface area contributed by atoms with Gasteiger partial charge in [-0.1, -0.05) is 71.7 Å². The van der Waals surface area contributed by atoms with Gasteiger partial charge in [-0.05, 0) is 0 Å². The molecule has 0 spiro atoms. The SMILES string of the molecule is Clc1c2ccccc2c(Cl)c2ccccc12.[Li+]. The van der Waals surface area contributed by atoms with E-state index >= 15 is 0 Å². The second-order valence-electron chi connectivity index (χ2n) is 3.72. The fraction of sp³-hybridized carbons (Fsp3) is 0. The van der Waals surface area contributed by atoms with Crippen molar-refractivity contribution < 1.29 is 18.9 Å². The van der Waals surface area contributed by atoms with Gasteiger partial charge in [0.1, 0.15) is 0 Å². The summed E-state index contributed by atoms with van der Waals surface area (Å²) in [5.41, 5.74) is 0. The molecule has 0 amide bonds. The van der Waals surface area contributed by atoms with E-state index in [9.17, 15) is 0 Å². The van der Waals surface area contributed by atoms with E-state index in [-0.39, 0.29) is 18.9 Å². The summed E-state index contributed by atoms with van der Waals surface area (Å²) < 4.78 is 0. The Morgan fingerprint density at radius 2 is 0.765 bits per heavy atom. The van der Waals surface area contributed by atoms with Crippen molar-refractivity contribution in [2.45, 2.75) is 0 Å². The minimum absolute atomic E-state index is 0. The number of rotatable bonds is 0. The molecule has 0 aliphatic carbocycles. The van der Waals surface area contributed by atoms with Crippen LogP contribution in [0, 0.1) is 0 Å². The number of benzene rings is 3. The molecule has 0 aromatic heterocycles. The fourth-order valence-electron chi connectivity index (χ4n) is 2.02. The van der Waals surface area contributed by atoms with E-state index in [4.69, 9.17) is 23.2 Å². The third kappa shape index (κ3) is 1.96. The summed E-state index contributed by atoms with van der Waals surface area (Å²) in [7, 11) is 0. The van der Waals surface area contributed by atoms with Crippen molar-refractivity contribution in [2.24, 2.45) is 0 Å². The van der Waals surface area contributed by atoms with Crippen molar-refractivity contribution >= 4 is 44.7 Å². The molecule has 3 aromatic carbocycles. The van der Waals surface area contributed by atoms with E-state index in [1.165, 1.54) is 0 Å². The fourth-order valence-corrected chi connectivity index (χ4v) is 2.68. The molecule has 0 N–H and O–H groups in total. The van der Waals surface area contributed by atoms with Crippen LogP contribution in [0.15, 0.2) is 48.5 Å². The summed E-state index contributed by atoms with van der Waals surface area (Å²) in [4.78, 5) is 0. The van der Waals surface area contributed by atoms with Crippen molar-refractivity contribution in [3.63, 3.8) is 0 Å². The molecule has 17 heavy (non-hydrogen) atoms. The Hall–Kier alpha value is -0.643. The summed E-state index contributed by atoms with van der Waals surface area (Å²) in [5, 5.41) is 5.58. The molecule has 78 valence electrons. The van der Waals surface area contributed by atoms with Crippen LogP contribution in [0.1, 0.15) is 0 Å². The second-order valence-corrected chi connectivity index (χ2v) is 4.48. The Balaban J connectivity index is 0.00000108. The monoisotopic (exact) mass is 253 g/mol. The third-order valence-electron chi connectivity index (χ3n) is 2.80. The Labute approximate surface area is 122 Å². The third-order valence-corrected chi connectivity index (χ3v) is 3.61. The molecule has 0 fully saturated rings. The maximum Gasteiger partial charge on any atom is 1.00 e. The van der Waals surface area contributed by atoms with Crippen molar-refractivity contribution in [2.75, 3.05) is 0 Å². The van der Waals surface area contributed by atoms with E-state index in [0.717, 1.165) is 31.6 Å². The minimum Gasteiger partial charge on any atom is -0.0830 e. The molecule has 3 rings (SSSR count). The molecule has 0 nitrogen and oxygen atoms in total. The van der Waals surface area contributed by atoms with Crippen LogP contribution in [-0.4, -0.2) is 0 Å². The number of hydrogen-bond donors (Lipinski definition) is 0. The molecule has 0 saturated heterocycles. The first kappa shape index (κ1) is 12.8. The zero-order valence-electron chi connectivity index (χ0n) is 9.37. The van der Waals surface area contributed by atoms with E-state index in [1.807, 2.05) is 48.5 Å². The minimum atomic E-state index is 0. The molecule has 3 heteroatoms. The van der Waals surface area contributed by atoms with E-state index in [1.54, 1.807) is 0 Å². The van der Waals surface area contributed by atoms with Gasteiger partial charge in [-0.2, -0.15) is 0 Å². The van der Waals surface area contributed by atoms with Gasteiger partial charge in [0.25, 0.3) is 0 Å². The topological polar surface area (TPSA) is 0 Å². The van der Waals surface area contributed by atoms with Gasteiger partial charge in [0.2, 0.25) is 0 Å². The van der Waals surface area contributed by atoms with Crippen molar-refractivity contribution in [3.05, 3.63) is 58.6 Å². The van der Waals surface area contributed by atoms with Crippen LogP contribution in [0.2, 0.25) is 10.0 Å². The van der Waals surface area contributed by atoms with Crippen molar-refractivity contribution in [1.82, 2.24) is 0 Å². The average Bonchev–Trinajstić information content (AvgIpc) is 2.36. The van der Waals surface area contributed by atoms with Crippen molar-refractivity contribution in [3.8, 4) is 0 Å². The van der Waals surface area contributed by atoms with Crippen LogP contribution in [0.25, 0.3) is 21.5 Å². The number of hydrogen-bond acceptors (Lipinski definition) is 0. The average molecular weight is 254 g/mol. The molecule has 3 aromatic rings. The van der Waals surface area contributed by atoms with E-state index < -0.39 is 0 Å². The van der Waals surface area contributed by atoms with Crippen LogP contribution in [0.4, 0.5) is 0 Å². The normalized spacial score (nSPS) is 10.5. The molecule has 0 saturated carbocycles. The van der Waals surface area contributed by atoms with Crippen LogP contribution in [0.3, 0.4) is 0 Å². The van der Waals surface area contributed by atoms with Crippen molar-refractivity contribution in [1.29, 1.82) is 0 Å². The van der Waals surface area contributed by atoms with Crippen LogP contribution < -0.4 is 18.9 Å². The first-order chi connectivity index (χ1) is 7.79. The molecule has 0 unspecified atom stereocenters. The Bertz CT molecular complexity index is 575. The summed E-state index contributed by atoms with van der Waals surface area (Å²) >= 11 is 12.8. The summed E-state index contributed by atoms with van der Waals surface area (Å²) in [6, 6.07) is 15.9. The van der Waals surface area contributed by atoms with Crippen LogP contribution in [0.5, 0.6) is 0 Å². The predicted molar refractivity (Wildman–Crippen MR) is 71.5 cm³/mol. The summed E-state index contributed by atoms with van der Waals surface area (Å²) in [5.74, 6) is 0. The maximum absolute atomic E-state index is 6.39. The molecular formula is C14H8Cl2Li+. The predicted octanol–water partition coefficient (Wildman–Crippen LogP) is 2.30. The van der Waals surface area contributed by atoms with Gasteiger partial charge in [0.15, 0.2) is 0 Å². The molecular weight excluding hydrogens is 246 g/mol. The smallest absolute Gasteiger partial charge is 0.0830 e. The largest absolute Gasteiger partial charge is 1.00 e. The molecule has 0 heterocycles. The van der Waals surface area contributed by atoms with Gasteiger partial charge in [-0.15, -0.1) is 0 Å².